The van der Waals surface area contributed by atoms with Gasteiger partial charge in [0.2, 0.25) is 0 Å². The number of carboxylic acid groups (broad SMARTS) is 1. The van der Waals surface area contributed by atoms with Crippen LogP contribution in [0.5, 0.6) is 0 Å². The Labute approximate surface area is 191 Å². The third-order valence-electron chi connectivity index (χ3n) is 5.09. The summed E-state index contributed by atoms with van der Waals surface area (Å²) < 4.78 is 35.2. The van der Waals surface area contributed by atoms with Crippen molar-refractivity contribution in [2.75, 3.05) is 13.6 Å². The van der Waals surface area contributed by atoms with Gasteiger partial charge < -0.3 is 15.7 Å². The van der Waals surface area contributed by atoms with Gasteiger partial charge in [0.1, 0.15) is 5.65 Å². The Hall–Kier alpha value is -4.11. The van der Waals surface area contributed by atoms with E-state index in [2.05, 4.69) is 21.7 Å². The lowest BCUT2D eigenvalue weighted by Crippen LogP contribution is -2.35. The summed E-state index contributed by atoms with van der Waals surface area (Å²) in [6.45, 7) is 1.34. The summed E-state index contributed by atoms with van der Waals surface area (Å²) in [6, 6.07) is 6.95. The first-order chi connectivity index (χ1) is 16.1. The van der Waals surface area contributed by atoms with Gasteiger partial charge in [0.25, 0.3) is 11.5 Å². The molecule has 0 atom stereocenters. The lowest BCUT2D eigenvalue weighted by Gasteiger charge is -2.21. The van der Waals surface area contributed by atoms with Gasteiger partial charge in [-0.1, -0.05) is 0 Å². The van der Waals surface area contributed by atoms with E-state index in [9.17, 15) is 22.8 Å². The molecule has 178 valence electrons. The fraction of sp³-hybridized carbons (Fsp3) is 0.273. The Balaban J connectivity index is 0.000000406. The van der Waals surface area contributed by atoms with E-state index < -0.39 is 12.1 Å². The average molecular weight is 475 g/mol. The van der Waals surface area contributed by atoms with Crippen LogP contribution in [0.2, 0.25) is 0 Å². The molecule has 4 rings (SSSR count). The molecule has 0 bridgehead atoms. The van der Waals surface area contributed by atoms with Gasteiger partial charge >= 0.3 is 12.1 Å². The van der Waals surface area contributed by atoms with Crippen LogP contribution >= 0.6 is 0 Å². The summed E-state index contributed by atoms with van der Waals surface area (Å²) in [5.41, 5.74) is 4.27. The number of carbonyl (C=O) groups is 2. The molecule has 0 radical (unpaired) electrons. The largest absolute Gasteiger partial charge is 0.490 e. The van der Waals surface area contributed by atoms with Crippen molar-refractivity contribution in [1.29, 1.82) is 0 Å². The van der Waals surface area contributed by atoms with Crippen LogP contribution in [0, 0.1) is 12.3 Å². The first-order valence-electron chi connectivity index (χ1n) is 10.00. The van der Waals surface area contributed by atoms with Gasteiger partial charge in [0.15, 0.2) is 0 Å². The number of nitrogens with zero attached hydrogens (tertiary/aromatic N) is 3. The zero-order valence-corrected chi connectivity index (χ0v) is 17.9. The molecule has 12 heteroatoms. The van der Waals surface area contributed by atoms with Gasteiger partial charge in [-0.25, -0.2) is 9.31 Å². The number of carboxylic acids is 1. The van der Waals surface area contributed by atoms with Crippen molar-refractivity contribution in [2.24, 2.45) is 0 Å². The summed E-state index contributed by atoms with van der Waals surface area (Å²) in [5.74, 6) is -0.295. The van der Waals surface area contributed by atoms with E-state index in [1.165, 1.54) is 0 Å². The normalized spacial score (nSPS) is 12.8. The van der Waals surface area contributed by atoms with Gasteiger partial charge in [-0.15, -0.1) is 12.3 Å². The number of nitrogens with one attached hydrogen (secondary N) is 2. The van der Waals surface area contributed by atoms with Crippen molar-refractivity contribution in [3.63, 3.8) is 0 Å². The van der Waals surface area contributed by atoms with Crippen molar-refractivity contribution in [2.45, 2.75) is 25.6 Å². The highest BCUT2D eigenvalue weighted by atomic mass is 19.4. The van der Waals surface area contributed by atoms with Gasteiger partial charge in [0.05, 0.1) is 17.6 Å². The smallest absolute Gasteiger partial charge is 0.475 e. The standard InChI is InChI=1S/C20H19N5O2.C2HF3O2/c1-3-4-14-11-23-25-17-12-22-10-9-16(17)20(27)24(19(14)25)15-7-5-13(6-8-15)18(26)21-2;3-2(4,5)1(6)7/h1,5-8,11,22H,4,9-10,12H2,2H3,(H,21,26);(H,6,7). The van der Waals surface area contributed by atoms with Crippen LogP contribution in [0.1, 0.15) is 27.2 Å². The number of benzene rings is 1. The third kappa shape index (κ3) is 4.79. The molecule has 3 heterocycles. The second-order valence-electron chi connectivity index (χ2n) is 7.21. The van der Waals surface area contributed by atoms with E-state index >= 15 is 0 Å². The molecule has 0 aliphatic carbocycles. The number of halogens is 3. The second-order valence-corrected chi connectivity index (χ2v) is 7.21. The Kier molecular flexibility index (Phi) is 7.07. The van der Waals surface area contributed by atoms with E-state index in [4.69, 9.17) is 16.3 Å². The maximum absolute atomic E-state index is 13.3. The number of hydrogen-bond donors (Lipinski definition) is 3. The zero-order valence-electron chi connectivity index (χ0n) is 17.9. The van der Waals surface area contributed by atoms with Crippen LogP contribution in [-0.4, -0.2) is 50.9 Å². The number of terminal acetylenes is 1. The van der Waals surface area contributed by atoms with Crippen molar-refractivity contribution >= 4 is 17.5 Å². The summed E-state index contributed by atoms with van der Waals surface area (Å²) in [6.07, 6.45) is 3.17. The van der Waals surface area contributed by atoms with E-state index in [-0.39, 0.29) is 11.5 Å². The molecule has 9 nitrogen and oxygen atoms in total. The lowest BCUT2D eigenvalue weighted by molar-refractivity contribution is -0.192. The van der Waals surface area contributed by atoms with Crippen LogP contribution in [0.4, 0.5) is 13.2 Å². The molecule has 0 fully saturated rings. The highest BCUT2D eigenvalue weighted by molar-refractivity contribution is 5.94. The maximum Gasteiger partial charge on any atom is 0.490 e. The van der Waals surface area contributed by atoms with E-state index in [0.717, 1.165) is 23.4 Å². The van der Waals surface area contributed by atoms with Crippen LogP contribution in [0.15, 0.2) is 35.3 Å². The fourth-order valence-electron chi connectivity index (χ4n) is 3.53. The molecule has 1 aromatic carbocycles. The number of hydrogen-bond acceptors (Lipinski definition) is 5. The summed E-state index contributed by atoms with van der Waals surface area (Å²) in [4.78, 5) is 34.0. The molecule has 1 aliphatic heterocycles. The number of aliphatic carboxylic acids is 1. The quantitative estimate of drug-likeness (QED) is 0.492. The van der Waals surface area contributed by atoms with E-state index in [0.29, 0.717) is 36.3 Å². The van der Waals surface area contributed by atoms with Crippen LogP contribution in [0.25, 0.3) is 11.3 Å². The van der Waals surface area contributed by atoms with Crippen molar-refractivity contribution in [3.05, 3.63) is 63.2 Å². The van der Waals surface area contributed by atoms with Gasteiger partial charge in [-0.05, 0) is 37.2 Å². The molecule has 3 N–H and O–H groups in total. The fourth-order valence-corrected chi connectivity index (χ4v) is 3.53. The molecule has 0 saturated heterocycles. The molecular formula is C22H20F3N5O4. The van der Waals surface area contributed by atoms with Crippen molar-refractivity contribution in [1.82, 2.24) is 24.8 Å². The molecule has 0 spiro atoms. The number of amides is 1. The summed E-state index contributed by atoms with van der Waals surface area (Å²) in [5, 5.41) is 17.5. The van der Waals surface area contributed by atoms with Gasteiger partial charge in [0, 0.05) is 36.7 Å². The van der Waals surface area contributed by atoms with Crippen LogP contribution < -0.4 is 16.2 Å². The number of rotatable bonds is 3. The molecule has 34 heavy (non-hydrogen) atoms. The predicted octanol–water partition coefficient (Wildman–Crippen LogP) is 1.30. The minimum absolute atomic E-state index is 0.0644. The number of carbonyl (C=O) groups excluding carboxylic acids is 1. The topological polar surface area (TPSA) is 118 Å². The molecule has 1 aliphatic rings. The minimum Gasteiger partial charge on any atom is -0.475 e. The SMILES string of the molecule is C#CCc1cnn2c3c(c(=O)n(-c4ccc(C(=O)NC)cc4)c12)CCNC3.O=C(O)C(F)(F)F. The number of fused-ring (bicyclic) bond motifs is 3. The molecule has 1 amide bonds. The molecule has 0 saturated carbocycles. The van der Waals surface area contributed by atoms with Gasteiger partial charge in [-0.2, -0.15) is 18.3 Å². The highest BCUT2D eigenvalue weighted by Crippen LogP contribution is 2.21. The Morgan fingerprint density at radius 1 is 1.29 bits per heavy atom. The van der Waals surface area contributed by atoms with Crippen molar-refractivity contribution in [3.8, 4) is 18.0 Å². The molecule has 3 aromatic rings. The average Bonchev–Trinajstić information content (AvgIpc) is 3.23. The monoisotopic (exact) mass is 475 g/mol. The highest BCUT2D eigenvalue weighted by Gasteiger charge is 2.38. The minimum atomic E-state index is -5.08. The first-order valence-corrected chi connectivity index (χ1v) is 10.00. The summed E-state index contributed by atoms with van der Waals surface area (Å²) in [7, 11) is 1.58. The second kappa shape index (κ2) is 9.80. The first kappa shape index (κ1) is 24.5. The van der Waals surface area contributed by atoms with E-state index in [1.54, 1.807) is 42.1 Å². The van der Waals surface area contributed by atoms with E-state index in [1.807, 2.05) is 4.52 Å². The summed E-state index contributed by atoms with van der Waals surface area (Å²) >= 11 is 0. The van der Waals surface area contributed by atoms with Crippen LogP contribution in [0.3, 0.4) is 0 Å². The van der Waals surface area contributed by atoms with Gasteiger partial charge in [-0.3, -0.25) is 14.2 Å². The molecule has 0 unspecified atom stereocenters. The predicted molar refractivity (Wildman–Crippen MR) is 116 cm³/mol. The lowest BCUT2D eigenvalue weighted by atomic mass is 10.1. The number of aromatic nitrogens is 3. The molecular weight excluding hydrogens is 455 g/mol. The van der Waals surface area contributed by atoms with Crippen LogP contribution in [-0.2, 0) is 24.2 Å². The number of alkyl halides is 3. The molecule has 2 aromatic heterocycles. The third-order valence-corrected chi connectivity index (χ3v) is 5.09. The Morgan fingerprint density at radius 3 is 2.50 bits per heavy atom. The Morgan fingerprint density at radius 2 is 1.94 bits per heavy atom. The van der Waals surface area contributed by atoms with Crippen molar-refractivity contribution < 1.29 is 27.9 Å². The maximum atomic E-state index is 13.3. The zero-order chi connectivity index (χ0) is 25.0. The Bertz CT molecular complexity index is 1330.